The van der Waals surface area contributed by atoms with Crippen LogP contribution in [0.2, 0.25) is 0 Å². The molecule has 0 unspecified atom stereocenters. The molecule has 0 aromatic heterocycles. The molecule has 2 aromatic rings. The van der Waals surface area contributed by atoms with Gasteiger partial charge in [0.25, 0.3) is 11.8 Å². The van der Waals surface area contributed by atoms with Crippen LogP contribution in [-0.2, 0) is 14.3 Å². The average molecular weight is 412 g/mol. The third kappa shape index (κ3) is 6.07. The summed E-state index contributed by atoms with van der Waals surface area (Å²) in [6.45, 7) is 7.00. The van der Waals surface area contributed by atoms with Crippen LogP contribution in [0.3, 0.4) is 0 Å². The molecule has 7 heteroatoms. The number of amides is 2. The monoisotopic (exact) mass is 412 g/mol. The summed E-state index contributed by atoms with van der Waals surface area (Å²) >= 11 is 0. The molecule has 30 heavy (non-hydrogen) atoms. The van der Waals surface area contributed by atoms with Gasteiger partial charge in [0.05, 0.1) is 12.7 Å². The summed E-state index contributed by atoms with van der Waals surface area (Å²) in [6, 6.07) is 13.1. The molecule has 2 amide bonds. The normalized spacial score (nSPS) is 12.6. The molecule has 0 spiro atoms. The predicted molar refractivity (Wildman–Crippen MR) is 114 cm³/mol. The molecule has 0 aliphatic rings. The number of carbonyl (C=O) groups excluding carboxylic acids is 3. The number of nitrogens with one attached hydrogen (secondary N) is 2. The van der Waals surface area contributed by atoms with E-state index in [1.165, 1.54) is 14.0 Å². The Morgan fingerprint density at radius 1 is 0.933 bits per heavy atom. The standard InChI is InChI=1S/C23H28N2O5/c1-14(2)20(25-22(27)18-8-6-7-9-19(18)29-5)23(28)30-16(4)21(26)24-17-12-10-15(3)11-13-17/h6-14,16,20H,1-5H3,(H,24,26)(H,25,27)/t16-,20-/m0/s1. The average Bonchev–Trinajstić information content (AvgIpc) is 2.72. The van der Waals surface area contributed by atoms with E-state index >= 15 is 0 Å². The van der Waals surface area contributed by atoms with Crippen LogP contribution in [0.25, 0.3) is 0 Å². The topological polar surface area (TPSA) is 93.7 Å². The fourth-order valence-electron chi connectivity index (χ4n) is 2.73. The molecule has 2 N–H and O–H groups in total. The van der Waals surface area contributed by atoms with Crippen molar-refractivity contribution in [2.75, 3.05) is 12.4 Å². The predicted octanol–water partition coefficient (Wildman–Crippen LogP) is 3.33. The molecular formula is C23H28N2O5. The number of methoxy groups -OCH3 is 1. The van der Waals surface area contributed by atoms with Gasteiger partial charge >= 0.3 is 5.97 Å². The van der Waals surface area contributed by atoms with Crippen LogP contribution in [-0.4, -0.2) is 37.0 Å². The van der Waals surface area contributed by atoms with Crippen molar-refractivity contribution in [3.8, 4) is 5.75 Å². The smallest absolute Gasteiger partial charge is 0.329 e. The Kier molecular flexibility index (Phi) is 7.98. The van der Waals surface area contributed by atoms with Gasteiger partial charge in [0, 0.05) is 5.69 Å². The third-order valence-corrected chi connectivity index (χ3v) is 4.54. The highest BCUT2D eigenvalue weighted by Crippen LogP contribution is 2.18. The zero-order chi connectivity index (χ0) is 22.3. The summed E-state index contributed by atoms with van der Waals surface area (Å²) in [5.74, 6) is -1.44. The zero-order valence-corrected chi connectivity index (χ0v) is 17.9. The van der Waals surface area contributed by atoms with Gasteiger partial charge in [-0.2, -0.15) is 0 Å². The van der Waals surface area contributed by atoms with Gasteiger partial charge in [-0.15, -0.1) is 0 Å². The lowest BCUT2D eigenvalue weighted by Crippen LogP contribution is -2.47. The van der Waals surface area contributed by atoms with E-state index in [4.69, 9.17) is 9.47 Å². The highest BCUT2D eigenvalue weighted by Gasteiger charge is 2.30. The molecule has 2 aromatic carbocycles. The van der Waals surface area contributed by atoms with Gasteiger partial charge < -0.3 is 20.1 Å². The first-order valence-corrected chi connectivity index (χ1v) is 9.74. The lowest BCUT2D eigenvalue weighted by Gasteiger charge is -2.23. The van der Waals surface area contributed by atoms with E-state index in [1.54, 1.807) is 50.2 Å². The highest BCUT2D eigenvalue weighted by atomic mass is 16.5. The van der Waals surface area contributed by atoms with E-state index < -0.39 is 29.9 Å². The molecule has 160 valence electrons. The number of hydrogen-bond donors (Lipinski definition) is 2. The van der Waals surface area contributed by atoms with Crippen molar-refractivity contribution in [1.82, 2.24) is 5.32 Å². The van der Waals surface area contributed by atoms with E-state index in [9.17, 15) is 14.4 Å². The van der Waals surface area contributed by atoms with E-state index in [-0.39, 0.29) is 5.92 Å². The Balaban J connectivity index is 2.03. The maximum absolute atomic E-state index is 12.7. The number of benzene rings is 2. The second-order valence-corrected chi connectivity index (χ2v) is 7.33. The molecule has 0 saturated carbocycles. The number of ether oxygens (including phenoxy) is 2. The lowest BCUT2D eigenvalue weighted by atomic mass is 10.0. The van der Waals surface area contributed by atoms with E-state index in [1.807, 2.05) is 19.1 Å². The molecule has 0 saturated heterocycles. The van der Waals surface area contributed by atoms with E-state index in [0.29, 0.717) is 17.0 Å². The number of anilines is 1. The largest absolute Gasteiger partial charge is 0.496 e. The van der Waals surface area contributed by atoms with Crippen LogP contribution in [0, 0.1) is 12.8 Å². The van der Waals surface area contributed by atoms with Crippen LogP contribution < -0.4 is 15.4 Å². The first-order chi connectivity index (χ1) is 14.2. The summed E-state index contributed by atoms with van der Waals surface area (Å²) in [7, 11) is 1.47. The van der Waals surface area contributed by atoms with Crippen molar-refractivity contribution in [2.45, 2.75) is 39.8 Å². The summed E-state index contributed by atoms with van der Waals surface area (Å²) in [6.07, 6.45) is -1.02. The van der Waals surface area contributed by atoms with Gasteiger partial charge in [-0.3, -0.25) is 9.59 Å². The van der Waals surface area contributed by atoms with Gasteiger partial charge in [-0.05, 0) is 44.0 Å². The molecule has 0 aliphatic carbocycles. The number of para-hydroxylation sites is 1. The molecule has 0 radical (unpaired) electrons. The second kappa shape index (κ2) is 10.4. The van der Waals surface area contributed by atoms with Crippen molar-refractivity contribution >= 4 is 23.5 Å². The molecular weight excluding hydrogens is 384 g/mol. The maximum atomic E-state index is 12.7. The van der Waals surface area contributed by atoms with E-state index in [2.05, 4.69) is 10.6 Å². The quantitative estimate of drug-likeness (QED) is 0.649. The molecule has 7 nitrogen and oxygen atoms in total. The molecule has 0 heterocycles. The second-order valence-electron chi connectivity index (χ2n) is 7.33. The van der Waals surface area contributed by atoms with Crippen molar-refractivity contribution in [3.63, 3.8) is 0 Å². The minimum absolute atomic E-state index is 0.247. The Morgan fingerprint density at radius 2 is 1.57 bits per heavy atom. The van der Waals surface area contributed by atoms with Crippen molar-refractivity contribution in [2.24, 2.45) is 5.92 Å². The van der Waals surface area contributed by atoms with Crippen molar-refractivity contribution in [3.05, 3.63) is 59.7 Å². The molecule has 2 atom stereocenters. The van der Waals surface area contributed by atoms with E-state index in [0.717, 1.165) is 5.56 Å². The van der Waals surface area contributed by atoms with Crippen LogP contribution in [0.1, 0.15) is 36.7 Å². The number of rotatable bonds is 8. The summed E-state index contributed by atoms with van der Waals surface area (Å²) in [4.78, 5) is 37.7. The van der Waals surface area contributed by atoms with Crippen LogP contribution in [0.15, 0.2) is 48.5 Å². The minimum atomic E-state index is -1.02. The van der Waals surface area contributed by atoms with Gasteiger partial charge in [0.15, 0.2) is 6.10 Å². The molecule has 0 aliphatic heterocycles. The van der Waals surface area contributed by atoms with Crippen molar-refractivity contribution < 1.29 is 23.9 Å². The minimum Gasteiger partial charge on any atom is -0.496 e. The first kappa shape index (κ1) is 22.9. The maximum Gasteiger partial charge on any atom is 0.329 e. The highest BCUT2D eigenvalue weighted by molar-refractivity contribution is 6.00. The van der Waals surface area contributed by atoms with Gasteiger partial charge in [0.2, 0.25) is 0 Å². The fourth-order valence-corrected chi connectivity index (χ4v) is 2.73. The van der Waals surface area contributed by atoms with Crippen LogP contribution in [0.4, 0.5) is 5.69 Å². The summed E-state index contributed by atoms with van der Waals surface area (Å²) in [5.41, 5.74) is 1.99. The summed E-state index contributed by atoms with van der Waals surface area (Å²) in [5, 5.41) is 5.39. The Morgan fingerprint density at radius 3 is 2.17 bits per heavy atom. The Bertz CT molecular complexity index is 893. The first-order valence-electron chi connectivity index (χ1n) is 9.74. The third-order valence-electron chi connectivity index (χ3n) is 4.54. The molecule has 0 fully saturated rings. The SMILES string of the molecule is COc1ccccc1C(=O)N[C@H](C(=O)O[C@@H](C)C(=O)Nc1ccc(C)cc1)C(C)C. The summed E-state index contributed by atoms with van der Waals surface area (Å²) < 4.78 is 10.5. The number of hydrogen-bond acceptors (Lipinski definition) is 5. The zero-order valence-electron chi connectivity index (χ0n) is 17.9. The van der Waals surface area contributed by atoms with Crippen molar-refractivity contribution in [1.29, 1.82) is 0 Å². The van der Waals surface area contributed by atoms with Gasteiger partial charge in [0.1, 0.15) is 11.8 Å². The number of carbonyl (C=O) groups is 3. The van der Waals surface area contributed by atoms with Gasteiger partial charge in [-0.25, -0.2) is 4.79 Å². The lowest BCUT2D eigenvalue weighted by molar-refractivity contribution is -0.156. The molecule has 0 bridgehead atoms. The Hall–Kier alpha value is -3.35. The Labute approximate surface area is 176 Å². The van der Waals surface area contributed by atoms with Crippen LogP contribution >= 0.6 is 0 Å². The van der Waals surface area contributed by atoms with Gasteiger partial charge in [-0.1, -0.05) is 43.7 Å². The molecule has 2 rings (SSSR count). The number of aryl methyl sites for hydroxylation is 1. The number of esters is 1. The fraction of sp³-hybridized carbons (Fsp3) is 0.348. The van der Waals surface area contributed by atoms with Crippen LogP contribution in [0.5, 0.6) is 5.75 Å².